The minimum absolute atomic E-state index is 0.00626. The molecule has 2 unspecified atom stereocenters. The number of para-hydroxylation sites is 1. The van der Waals surface area contributed by atoms with Crippen molar-refractivity contribution in [3.63, 3.8) is 0 Å². The number of likely N-dealkylation sites (tertiary alicyclic amines) is 1. The van der Waals surface area contributed by atoms with Crippen molar-refractivity contribution in [3.05, 3.63) is 47.8 Å². The average molecular weight is 354 g/mol. The molecule has 1 fully saturated rings. The Morgan fingerprint density at radius 2 is 2.08 bits per heavy atom. The number of H-pyrrole nitrogens is 1. The van der Waals surface area contributed by atoms with Gasteiger partial charge in [0, 0.05) is 37.4 Å². The Morgan fingerprint density at radius 3 is 2.85 bits per heavy atom. The summed E-state index contributed by atoms with van der Waals surface area (Å²) in [4.78, 5) is 28.9. The first-order valence-corrected chi connectivity index (χ1v) is 8.91. The van der Waals surface area contributed by atoms with Gasteiger partial charge in [0.2, 0.25) is 0 Å². The first kappa shape index (κ1) is 16.6. The molecule has 4 rings (SSSR count). The van der Waals surface area contributed by atoms with Crippen LogP contribution in [0.25, 0.3) is 0 Å². The summed E-state index contributed by atoms with van der Waals surface area (Å²) in [5, 5.41) is 6.85. The van der Waals surface area contributed by atoms with Gasteiger partial charge in [0.15, 0.2) is 0 Å². The summed E-state index contributed by atoms with van der Waals surface area (Å²) >= 11 is 0. The summed E-state index contributed by atoms with van der Waals surface area (Å²) in [6.07, 6.45) is 5.24. The van der Waals surface area contributed by atoms with E-state index in [1.807, 2.05) is 41.6 Å². The van der Waals surface area contributed by atoms with Crippen LogP contribution in [-0.2, 0) is 9.53 Å². The van der Waals surface area contributed by atoms with Crippen molar-refractivity contribution in [2.45, 2.75) is 24.7 Å². The number of amides is 2. The van der Waals surface area contributed by atoms with E-state index in [0.717, 1.165) is 29.8 Å². The van der Waals surface area contributed by atoms with Gasteiger partial charge in [0.1, 0.15) is 0 Å². The fourth-order valence-corrected chi connectivity index (χ4v) is 4.01. The number of fused-ring (bicyclic) bond motifs is 1. The monoisotopic (exact) mass is 354 g/mol. The van der Waals surface area contributed by atoms with Crippen molar-refractivity contribution in [2.75, 3.05) is 31.6 Å². The van der Waals surface area contributed by atoms with Gasteiger partial charge in [-0.05, 0) is 30.0 Å². The number of aromatic nitrogens is 2. The van der Waals surface area contributed by atoms with Gasteiger partial charge in [-0.25, -0.2) is 4.79 Å². The first-order chi connectivity index (χ1) is 12.7. The third kappa shape index (κ3) is 2.83. The fraction of sp³-hybridized carbons (Fsp3) is 0.421. The summed E-state index contributed by atoms with van der Waals surface area (Å²) in [6, 6.07) is 7.62. The third-order valence-electron chi connectivity index (χ3n) is 5.41. The van der Waals surface area contributed by atoms with Crippen LogP contribution >= 0.6 is 0 Å². The zero-order valence-corrected chi connectivity index (χ0v) is 14.7. The molecular formula is C19H22N4O3. The van der Waals surface area contributed by atoms with Crippen LogP contribution in [0.5, 0.6) is 0 Å². The number of nitrogens with zero attached hydrogens (tertiary/aromatic N) is 3. The van der Waals surface area contributed by atoms with Crippen molar-refractivity contribution >= 4 is 17.7 Å². The number of anilines is 1. The normalized spacial score (nSPS) is 22.2. The quantitative estimate of drug-likeness (QED) is 0.841. The lowest BCUT2D eigenvalue weighted by molar-refractivity contribution is -0.142. The Kier molecular flexibility index (Phi) is 4.36. The molecule has 2 aliphatic heterocycles. The molecule has 0 aliphatic carbocycles. The Labute approximate surface area is 151 Å². The molecule has 2 aliphatic rings. The zero-order valence-electron chi connectivity index (χ0n) is 14.7. The van der Waals surface area contributed by atoms with Gasteiger partial charge in [-0.3, -0.25) is 14.8 Å². The molecule has 0 radical (unpaired) electrons. The molecule has 7 heteroatoms. The summed E-state index contributed by atoms with van der Waals surface area (Å²) in [7, 11) is 1.41. The van der Waals surface area contributed by atoms with Gasteiger partial charge < -0.3 is 9.64 Å². The molecule has 26 heavy (non-hydrogen) atoms. The smallest absolute Gasteiger partial charge is 0.324 e. The second-order valence-corrected chi connectivity index (χ2v) is 6.82. The number of esters is 1. The Hall–Kier alpha value is -2.83. The van der Waals surface area contributed by atoms with E-state index in [0.29, 0.717) is 25.4 Å². The number of nitrogens with one attached hydrogen (secondary N) is 1. The number of urea groups is 1. The molecule has 0 bridgehead atoms. The highest BCUT2D eigenvalue weighted by atomic mass is 16.5. The maximum absolute atomic E-state index is 13.1. The van der Waals surface area contributed by atoms with E-state index < -0.39 is 0 Å². The van der Waals surface area contributed by atoms with Crippen LogP contribution in [0.2, 0.25) is 0 Å². The number of methoxy groups -OCH3 is 1. The number of aromatic amines is 1. The van der Waals surface area contributed by atoms with Crippen molar-refractivity contribution < 1.29 is 14.3 Å². The van der Waals surface area contributed by atoms with E-state index in [1.54, 1.807) is 4.90 Å². The number of carbonyl (C=O) groups is 2. The average Bonchev–Trinajstić information content (AvgIpc) is 3.37. The van der Waals surface area contributed by atoms with Crippen LogP contribution in [0.4, 0.5) is 10.5 Å². The predicted molar refractivity (Wildman–Crippen MR) is 96.1 cm³/mol. The molecular weight excluding hydrogens is 332 g/mol. The lowest BCUT2D eigenvalue weighted by atomic mass is 9.90. The minimum Gasteiger partial charge on any atom is -0.469 e. The van der Waals surface area contributed by atoms with Gasteiger partial charge in [0.25, 0.3) is 0 Å². The van der Waals surface area contributed by atoms with Crippen molar-refractivity contribution in [2.24, 2.45) is 0 Å². The molecule has 2 atom stereocenters. The van der Waals surface area contributed by atoms with Gasteiger partial charge >= 0.3 is 12.0 Å². The van der Waals surface area contributed by atoms with E-state index in [2.05, 4.69) is 10.2 Å². The molecule has 0 spiro atoms. The number of rotatable bonds is 2. The van der Waals surface area contributed by atoms with Crippen molar-refractivity contribution in [1.82, 2.24) is 15.1 Å². The molecule has 136 valence electrons. The number of benzene rings is 1. The zero-order chi connectivity index (χ0) is 18.1. The number of ether oxygens (including phenoxy) is 1. The highest BCUT2D eigenvalue weighted by Crippen LogP contribution is 2.37. The minimum atomic E-state index is -0.308. The lowest BCUT2D eigenvalue weighted by Crippen LogP contribution is -2.45. The summed E-state index contributed by atoms with van der Waals surface area (Å²) < 4.78 is 4.94. The van der Waals surface area contributed by atoms with Gasteiger partial charge in [-0.15, -0.1) is 0 Å². The molecule has 1 aromatic heterocycles. The van der Waals surface area contributed by atoms with E-state index in [9.17, 15) is 9.59 Å². The van der Waals surface area contributed by atoms with Crippen LogP contribution in [0, 0.1) is 0 Å². The Morgan fingerprint density at radius 1 is 1.23 bits per heavy atom. The van der Waals surface area contributed by atoms with E-state index in [-0.39, 0.29) is 17.9 Å². The van der Waals surface area contributed by atoms with Crippen LogP contribution in [0.15, 0.2) is 36.7 Å². The Bertz CT molecular complexity index is 805. The highest BCUT2D eigenvalue weighted by Gasteiger charge is 2.36. The molecule has 1 saturated heterocycles. The summed E-state index contributed by atoms with van der Waals surface area (Å²) in [5.41, 5.74) is 2.82. The maximum atomic E-state index is 13.1. The Balaban J connectivity index is 1.54. The van der Waals surface area contributed by atoms with Crippen LogP contribution in [0.3, 0.4) is 0 Å². The number of hydrogen-bond acceptors (Lipinski definition) is 4. The van der Waals surface area contributed by atoms with Crippen LogP contribution in [0.1, 0.15) is 35.8 Å². The molecule has 3 heterocycles. The van der Waals surface area contributed by atoms with Gasteiger partial charge in [-0.2, -0.15) is 5.10 Å². The second-order valence-electron chi connectivity index (χ2n) is 6.82. The molecule has 1 aromatic carbocycles. The highest BCUT2D eigenvalue weighted by molar-refractivity contribution is 5.95. The molecule has 2 amide bonds. The van der Waals surface area contributed by atoms with Gasteiger partial charge in [-0.1, -0.05) is 18.2 Å². The number of hydrogen-bond donors (Lipinski definition) is 1. The largest absolute Gasteiger partial charge is 0.469 e. The number of carbonyl (C=O) groups excluding carboxylic acids is 2. The topological polar surface area (TPSA) is 78.5 Å². The lowest BCUT2D eigenvalue weighted by Gasteiger charge is -2.35. The van der Waals surface area contributed by atoms with E-state index >= 15 is 0 Å². The van der Waals surface area contributed by atoms with E-state index in [1.165, 1.54) is 7.11 Å². The van der Waals surface area contributed by atoms with Crippen LogP contribution in [-0.4, -0.2) is 53.8 Å². The molecule has 2 aromatic rings. The van der Waals surface area contributed by atoms with Gasteiger partial charge in [0.05, 0.1) is 19.2 Å². The maximum Gasteiger partial charge on any atom is 0.324 e. The van der Waals surface area contributed by atoms with Crippen molar-refractivity contribution in [3.8, 4) is 0 Å². The first-order valence-electron chi connectivity index (χ1n) is 8.91. The SMILES string of the molecule is COC(=O)C1CCN(C(=O)N2CCC(c3cn[nH]c3)C2)c2ccccc21. The summed E-state index contributed by atoms with van der Waals surface area (Å²) in [5.74, 6) is -0.233. The molecule has 1 N–H and O–H groups in total. The molecule has 0 saturated carbocycles. The molecule has 7 nitrogen and oxygen atoms in total. The fourth-order valence-electron chi connectivity index (χ4n) is 4.01. The second kappa shape index (κ2) is 6.82. The van der Waals surface area contributed by atoms with Crippen LogP contribution < -0.4 is 4.90 Å². The van der Waals surface area contributed by atoms with Crippen molar-refractivity contribution in [1.29, 1.82) is 0 Å². The standard InChI is InChI=1S/C19H22N4O3/c1-26-18(24)16-7-9-23(17-5-3-2-4-15(16)17)19(25)22-8-6-13(12-22)14-10-20-21-11-14/h2-5,10-11,13,16H,6-9,12H2,1H3,(H,20,21). The summed E-state index contributed by atoms with van der Waals surface area (Å²) in [6.45, 7) is 1.94. The third-order valence-corrected chi connectivity index (χ3v) is 5.41. The van der Waals surface area contributed by atoms with E-state index in [4.69, 9.17) is 4.74 Å². The predicted octanol–water partition coefficient (Wildman–Crippen LogP) is 2.49.